The fourth-order valence-corrected chi connectivity index (χ4v) is 3.98. The molecule has 152 valence electrons. The van der Waals surface area contributed by atoms with Crippen molar-refractivity contribution in [1.29, 1.82) is 0 Å². The largest absolute Gasteiger partial charge is 0.449 e. The number of nitro groups is 1. The zero-order valence-electron chi connectivity index (χ0n) is 16.2. The van der Waals surface area contributed by atoms with E-state index in [1.807, 2.05) is 18.2 Å². The van der Waals surface area contributed by atoms with Gasteiger partial charge in [-0.2, -0.15) is 0 Å². The first-order chi connectivity index (χ1) is 13.9. The summed E-state index contributed by atoms with van der Waals surface area (Å²) in [6.07, 6.45) is 3.48. The molecule has 0 radical (unpaired) electrons. The van der Waals surface area contributed by atoms with E-state index in [2.05, 4.69) is 11.4 Å². The summed E-state index contributed by atoms with van der Waals surface area (Å²) >= 11 is 1.22. The van der Waals surface area contributed by atoms with Crippen LogP contribution in [0.25, 0.3) is 0 Å². The van der Waals surface area contributed by atoms with Gasteiger partial charge in [-0.15, -0.1) is 11.8 Å². The topological polar surface area (TPSA) is 98.5 Å². The number of thioether (sulfide) groups is 1. The molecule has 1 N–H and O–H groups in total. The van der Waals surface area contributed by atoms with Crippen molar-refractivity contribution in [2.24, 2.45) is 0 Å². The molecule has 3 rings (SSSR count). The SMILES string of the molecule is CSc1ccc(C(=O)O[C@H](C)C(=O)N[C@H]2CCCc3ccccc32)cc1[N+](=O)[O-]. The highest BCUT2D eigenvalue weighted by Crippen LogP contribution is 2.30. The third kappa shape index (κ3) is 4.76. The first-order valence-corrected chi connectivity index (χ1v) is 10.5. The van der Waals surface area contributed by atoms with E-state index in [1.54, 1.807) is 6.26 Å². The van der Waals surface area contributed by atoms with Crippen LogP contribution in [-0.2, 0) is 16.0 Å². The summed E-state index contributed by atoms with van der Waals surface area (Å²) in [5.74, 6) is -1.16. The standard InChI is InChI=1S/C21H22N2O5S/c1-13(20(24)22-17-9-5-7-14-6-3-4-8-16(14)17)28-21(25)15-10-11-19(29-2)18(12-15)23(26)27/h3-4,6,8,10-13,17H,5,7,9H2,1-2H3,(H,22,24)/t13-,17+/m1/s1. The number of hydrogen-bond donors (Lipinski definition) is 1. The smallest absolute Gasteiger partial charge is 0.339 e. The van der Waals surface area contributed by atoms with Crippen molar-refractivity contribution in [3.8, 4) is 0 Å². The molecule has 2 aromatic carbocycles. The minimum absolute atomic E-state index is 0.0390. The summed E-state index contributed by atoms with van der Waals surface area (Å²) in [4.78, 5) is 36.1. The first kappa shape index (κ1) is 20.9. The number of nitrogens with zero attached hydrogens (tertiary/aromatic N) is 1. The predicted octanol–water partition coefficient (Wildman–Crippen LogP) is 4.06. The zero-order chi connectivity index (χ0) is 21.0. The maximum absolute atomic E-state index is 12.6. The van der Waals surface area contributed by atoms with Crippen LogP contribution in [0.2, 0.25) is 0 Å². The Bertz CT molecular complexity index is 946. The number of aryl methyl sites for hydroxylation is 1. The molecule has 2 aromatic rings. The molecule has 0 saturated heterocycles. The van der Waals surface area contributed by atoms with E-state index < -0.39 is 22.9 Å². The molecule has 29 heavy (non-hydrogen) atoms. The van der Waals surface area contributed by atoms with E-state index in [1.165, 1.54) is 42.4 Å². The molecule has 1 aliphatic rings. The summed E-state index contributed by atoms with van der Waals surface area (Å²) in [5, 5.41) is 14.1. The van der Waals surface area contributed by atoms with Crippen LogP contribution in [0, 0.1) is 10.1 Å². The number of esters is 1. The van der Waals surface area contributed by atoms with Gasteiger partial charge in [0.1, 0.15) is 0 Å². The molecule has 0 saturated carbocycles. The van der Waals surface area contributed by atoms with Crippen molar-refractivity contribution in [1.82, 2.24) is 5.32 Å². The molecule has 0 spiro atoms. The van der Waals surface area contributed by atoms with E-state index in [0.29, 0.717) is 4.90 Å². The Labute approximate surface area is 173 Å². The summed E-state index contributed by atoms with van der Waals surface area (Å²) in [6.45, 7) is 1.49. The maximum atomic E-state index is 12.6. The average Bonchev–Trinajstić information content (AvgIpc) is 2.73. The van der Waals surface area contributed by atoms with Crippen molar-refractivity contribution in [2.45, 2.75) is 43.2 Å². The van der Waals surface area contributed by atoms with Gasteiger partial charge in [0.25, 0.3) is 11.6 Å². The summed E-state index contributed by atoms with van der Waals surface area (Å²) < 4.78 is 5.26. The second-order valence-corrected chi connectivity index (χ2v) is 7.69. The minimum Gasteiger partial charge on any atom is -0.449 e. The van der Waals surface area contributed by atoms with Crippen LogP contribution in [-0.4, -0.2) is 29.2 Å². The Morgan fingerprint density at radius 3 is 2.76 bits per heavy atom. The van der Waals surface area contributed by atoms with Crippen LogP contribution in [0.15, 0.2) is 47.4 Å². The Balaban J connectivity index is 1.67. The number of ether oxygens (including phenoxy) is 1. The van der Waals surface area contributed by atoms with Crippen LogP contribution in [0.5, 0.6) is 0 Å². The number of carbonyl (C=O) groups is 2. The van der Waals surface area contributed by atoms with Crippen LogP contribution in [0.4, 0.5) is 5.69 Å². The van der Waals surface area contributed by atoms with Crippen molar-refractivity contribution in [3.63, 3.8) is 0 Å². The minimum atomic E-state index is -1.02. The Morgan fingerprint density at radius 2 is 2.03 bits per heavy atom. The van der Waals surface area contributed by atoms with Gasteiger partial charge >= 0.3 is 5.97 Å². The van der Waals surface area contributed by atoms with Crippen LogP contribution in [0.3, 0.4) is 0 Å². The van der Waals surface area contributed by atoms with Gasteiger partial charge in [0, 0.05) is 6.07 Å². The molecule has 0 aliphatic heterocycles. The Morgan fingerprint density at radius 1 is 1.28 bits per heavy atom. The molecule has 2 atom stereocenters. The lowest BCUT2D eigenvalue weighted by molar-refractivity contribution is -0.387. The molecule has 0 unspecified atom stereocenters. The molecule has 1 amide bonds. The van der Waals surface area contributed by atoms with E-state index >= 15 is 0 Å². The van der Waals surface area contributed by atoms with Crippen molar-refractivity contribution < 1.29 is 19.2 Å². The van der Waals surface area contributed by atoms with Gasteiger partial charge < -0.3 is 10.1 Å². The van der Waals surface area contributed by atoms with Gasteiger partial charge in [-0.05, 0) is 55.7 Å². The molecular formula is C21H22N2O5S. The van der Waals surface area contributed by atoms with Crippen LogP contribution in [0.1, 0.15) is 47.3 Å². The third-order valence-electron chi connectivity index (χ3n) is 4.95. The molecule has 8 heteroatoms. The molecule has 0 aromatic heterocycles. The number of benzene rings is 2. The fraction of sp³-hybridized carbons (Fsp3) is 0.333. The Hall–Kier alpha value is -2.87. The van der Waals surface area contributed by atoms with E-state index in [4.69, 9.17) is 4.74 Å². The van der Waals surface area contributed by atoms with E-state index in [-0.39, 0.29) is 17.3 Å². The van der Waals surface area contributed by atoms with E-state index in [0.717, 1.165) is 24.8 Å². The highest BCUT2D eigenvalue weighted by atomic mass is 32.2. The van der Waals surface area contributed by atoms with Gasteiger partial charge in [0.2, 0.25) is 0 Å². The number of amides is 1. The molecule has 7 nitrogen and oxygen atoms in total. The number of nitrogens with one attached hydrogen (secondary N) is 1. The highest BCUT2D eigenvalue weighted by Gasteiger charge is 2.26. The molecule has 0 bridgehead atoms. The lowest BCUT2D eigenvalue weighted by atomic mass is 9.87. The van der Waals surface area contributed by atoms with Gasteiger partial charge in [-0.3, -0.25) is 14.9 Å². The number of carbonyl (C=O) groups excluding carboxylic acids is 2. The second-order valence-electron chi connectivity index (χ2n) is 6.84. The summed E-state index contributed by atoms with van der Waals surface area (Å²) in [5.41, 5.74) is 2.18. The molecular weight excluding hydrogens is 392 g/mol. The molecule has 1 aliphatic carbocycles. The predicted molar refractivity (Wildman–Crippen MR) is 110 cm³/mol. The fourth-order valence-electron chi connectivity index (χ4n) is 3.43. The first-order valence-electron chi connectivity index (χ1n) is 9.32. The quantitative estimate of drug-likeness (QED) is 0.331. The van der Waals surface area contributed by atoms with Crippen molar-refractivity contribution in [3.05, 3.63) is 69.3 Å². The number of rotatable bonds is 6. The van der Waals surface area contributed by atoms with Gasteiger partial charge in [-0.25, -0.2) is 4.79 Å². The van der Waals surface area contributed by atoms with Crippen molar-refractivity contribution in [2.75, 3.05) is 6.26 Å². The van der Waals surface area contributed by atoms with Gasteiger partial charge in [-0.1, -0.05) is 24.3 Å². The van der Waals surface area contributed by atoms with E-state index in [9.17, 15) is 19.7 Å². The molecule has 0 fully saturated rings. The Kier molecular flexibility index (Phi) is 6.53. The van der Waals surface area contributed by atoms with Crippen LogP contribution < -0.4 is 5.32 Å². The number of fused-ring (bicyclic) bond motifs is 1. The lowest BCUT2D eigenvalue weighted by Crippen LogP contribution is -2.39. The second kappa shape index (κ2) is 9.09. The zero-order valence-corrected chi connectivity index (χ0v) is 17.0. The van der Waals surface area contributed by atoms with Gasteiger partial charge in [0.15, 0.2) is 6.10 Å². The average molecular weight is 414 g/mol. The summed E-state index contributed by atoms with van der Waals surface area (Å²) in [7, 11) is 0. The highest BCUT2D eigenvalue weighted by molar-refractivity contribution is 7.98. The maximum Gasteiger partial charge on any atom is 0.339 e. The van der Waals surface area contributed by atoms with Crippen molar-refractivity contribution >= 4 is 29.3 Å². The number of nitro benzene ring substituents is 1. The lowest BCUT2D eigenvalue weighted by Gasteiger charge is -2.27. The van der Waals surface area contributed by atoms with Gasteiger partial charge in [0.05, 0.1) is 21.4 Å². The monoisotopic (exact) mass is 414 g/mol. The number of hydrogen-bond acceptors (Lipinski definition) is 6. The molecule has 0 heterocycles. The third-order valence-corrected chi connectivity index (χ3v) is 5.74. The normalized spacial score (nSPS) is 16.4. The van der Waals surface area contributed by atoms with Crippen LogP contribution >= 0.6 is 11.8 Å². The summed E-state index contributed by atoms with van der Waals surface area (Å²) in [6, 6.07) is 12.0.